The summed E-state index contributed by atoms with van der Waals surface area (Å²) in [5.74, 6) is 3.58. The first-order valence-corrected chi connectivity index (χ1v) is 23.9. The van der Waals surface area contributed by atoms with Crippen molar-refractivity contribution < 1.29 is 41.8 Å². The van der Waals surface area contributed by atoms with Crippen LogP contribution in [-0.4, -0.2) is 105 Å². The molecular weight excluding hydrogens is 1040 g/mol. The normalized spacial score (nSPS) is 14.1. The maximum absolute atomic E-state index is 10.6. The molecule has 2 aromatic carbocycles. The summed E-state index contributed by atoms with van der Waals surface area (Å²) in [6.07, 6.45) is 6.66. The Balaban J connectivity index is 0.00000108. The highest BCUT2D eigenvalue weighted by Crippen LogP contribution is 2.44. The zero-order valence-corrected chi connectivity index (χ0v) is 44.1. The van der Waals surface area contributed by atoms with Gasteiger partial charge in [-0.15, -0.1) is 6.42 Å². The topological polar surface area (TPSA) is 144 Å². The molecule has 1 fully saturated rings. The van der Waals surface area contributed by atoms with Crippen LogP contribution >= 0.6 is 63.7 Å². The van der Waals surface area contributed by atoms with E-state index in [9.17, 15) is 23.4 Å². The van der Waals surface area contributed by atoms with E-state index in [1.165, 1.54) is 19.2 Å². The number of aliphatic hydroxyl groups is 2. The molecule has 1 saturated heterocycles. The quantitative estimate of drug-likeness (QED) is 0.0551. The largest absolute Gasteiger partial charge is 0.491 e. The number of halogens is 4. The minimum atomic E-state index is -3.28. The molecule has 1 heterocycles. The Morgan fingerprint density at radius 3 is 1.56 bits per heavy atom. The molecule has 2 atom stereocenters. The number of amides is 1. The Labute approximate surface area is 388 Å². The first-order chi connectivity index (χ1) is 26.8. The van der Waals surface area contributed by atoms with Crippen LogP contribution in [0, 0.1) is 18.3 Å². The highest BCUT2D eigenvalue weighted by molar-refractivity contribution is 9.11. The maximum Gasteiger partial charge on any atom is 0.264 e. The van der Waals surface area contributed by atoms with Crippen molar-refractivity contribution in [2.24, 2.45) is 5.92 Å². The van der Waals surface area contributed by atoms with Gasteiger partial charge < -0.3 is 29.7 Å². The third-order valence-corrected chi connectivity index (χ3v) is 10.8. The number of carbonyl (C=O) groups is 1. The molecule has 336 valence electrons. The van der Waals surface area contributed by atoms with E-state index in [0.29, 0.717) is 23.6 Å². The predicted octanol–water partition coefficient (Wildman–Crippen LogP) is 9.41. The van der Waals surface area contributed by atoms with Gasteiger partial charge in [0.1, 0.15) is 30.8 Å². The molecule has 3 rings (SSSR count). The first kappa shape index (κ1) is 57.5. The van der Waals surface area contributed by atoms with Crippen LogP contribution < -0.4 is 14.8 Å². The summed E-state index contributed by atoms with van der Waals surface area (Å²) in [5.41, 5.74) is 1.47. The van der Waals surface area contributed by atoms with Crippen LogP contribution in [0.4, 0.5) is 0 Å². The standard InChI is InChI=1S/C25H28Br4O5.C7H13NO.C6H13N.C5H12O3S/c1-5-6-32-13-18(31)14-34-24-21(28)9-17(10-22(24)29)25(3,4)16-7-19(26)23(20(27)8-16)33-12-15(2)11-30;1-5-6(9)8-7(2,3)4;1-6(2,3)7-4-5-7;1-5(2,3)8-9(4,6)7/h1,7-10,15,18,30-31H,6,11-14H2,2-4H3;5H,1H2,2-4H3,(H,8,9);4-5H2,1-3H3;1-4H3. The predicted molar refractivity (Wildman–Crippen MR) is 254 cm³/mol. The minimum absolute atomic E-state index is 0.0435. The van der Waals surface area contributed by atoms with E-state index in [2.05, 4.69) is 125 Å². The monoisotopic (exact) mass is 1100 g/mol. The Morgan fingerprint density at radius 1 is 0.881 bits per heavy atom. The van der Waals surface area contributed by atoms with Gasteiger partial charge in [-0.1, -0.05) is 33.3 Å². The number of nitrogens with zero attached hydrogens (tertiary/aromatic N) is 1. The van der Waals surface area contributed by atoms with E-state index in [0.717, 1.165) is 35.3 Å². The van der Waals surface area contributed by atoms with Crippen molar-refractivity contribution in [2.75, 3.05) is 52.4 Å². The van der Waals surface area contributed by atoms with Crippen molar-refractivity contribution in [3.63, 3.8) is 0 Å². The highest BCUT2D eigenvalue weighted by Gasteiger charge is 2.30. The fraction of sp³-hybridized carbons (Fsp3) is 0.605. The zero-order valence-electron chi connectivity index (χ0n) is 36.9. The molecule has 0 spiro atoms. The number of ether oxygens (including phenoxy) is 3. The second kappa shape index (κ2) is 25.6. The van der Waals surface area contributed by atoms with Gasteiger partial charge in [-0.25, -0.2) is 0 Å². The summed E-state index contributed by atoms with van der Waals surface area (Å²) in [7, 11) is -3.28. The molecule has 0 bridgehead atoms. The van der Waals surface area contributed by atoms with Crippen LogP contribution in [0.5, 0.6) is 11.5 Å². The summed E-state index contributed by atoms with van der Waals surface area (Å²) in [5, 5.41) is 22.0. The van der Waals surface area contributed by atoms with Gasteiger partial charge in [0.2, 0.25) is 5.91 Å². The van der Waals surface area contributed by atoms with Gasteiger partial charge in [0, 0.05) is 42.1 Å². The van der Waals surface area contributed by atoms with E-state index >= 15 is 0 Å². The minimum Gasteiger partial charge on any atom is -0.491 e. The summed E-state index contributed by atoms with van der Waals surface area (Å²) in [6.45, 7) is 30.6. The zero-order chi connectivity index (χ0) is 46.2. The van der Waals surface area contributed by atoms with Crippen LogP contribution in [0.15, 0.2) is 54.8 Å². The van der Waals surface area contributed by atoms with Crippen LogP contribution in [-0.2, 0) is 29.2 Å². The van der Waals surface area contributed by atoms with Crippen LogP contribution in [0.2, 0.25) is 0 Å². The van der Waals surface area contributed by atoms with Gasteiger partial charge in [-0.2, -0.15) is 8.42 Å². The average Bonchev–Trinajstić information content (AvgIpc) is 3.92. The number of terminal acetylenes is 1. The van der Waals surface area contributed by atoms with Crippen LogP contribution in [0.3, 0.4) is 0 Å². The lowest BCUT2D eigenvalue weighted by Crippen LogP contribution is -2.39. The molecule has 11 nitrogen and oxygen atoms in total. The van der Waals surface area contributed by atoms with Crippen molar-refractivity contribution in [1.82, 2.24) is 10.2 Å². The molecule has 0 radical (unpaired) electrons. The summed E-state index contributed by atoms with van der Waals surface area (Å²) in [4.78, 5) is 13.0. The Bertz CT molecular complexity index is 1750. The van der Waals surface area contributed by atoms with E-state index < -0.39 is 21.8 Å². The highest BCUT2D eigenvalue weighted by atomic mass is 79.9. The summed E-state index contributed by atoms with van der Waals surface area (Å²) in [6, 6.07) is 8.11. The molecule has 59 heavy (non-hydrogen) atoms. The van der Waals surface area contributed by atoms with Crippen molar-refractivity contribution in [3.8, 4) is 23.8 Å². The average molecular weight is 1110 g/mol. The fourth-order valence-corrected chi connectivity index (χ4v) is 8.38. The van der Waals surface area contributed by atoms with Gasteiger partial charge in [0.25, 0.3) is 10.1 Å². The number of rotatable bonds is 14. The van der Waals surface area contributed by atoms with Gasteiger partial charge in [0.15, 0.2) is 0 Å². The van der Waals surface area contributed by atoms with E-state index in [-0.39, 0.29) is 49.2 Å². The SMILES string of the molecule is C#CCOCC(O)COc1c(Br)cc(C(C)(C)c2cc(Br)c(OCC(C)CO)c(Br)c2)cc1Br.C=CC(=O)NC(C)(C)C.CC(C)(C)N1CC1.CC(C)(C)OS(C)(=O)=O. The molecule has 1 aliphatic rings. The Morgan fingerprint density at radius 2 is 1.31 bits per heavy atom. The Kier molecular flexibility index (Phi) is 24.9. The molecule has 0 aliphatic carbocycles. The van der Waals surface area contributed by atoms with Gasteiger partial charge in [-0.3, -0.25) is 13.9 Å². The molecular formula is C43H66Br4N2O9S. The van der Waals surface area contributed by atoms with E-state index in [1.807, 2.05) is 52.0 Å². The lowest BCUT2D eigenvalue weighted by molar-refractivity contribution is -0.117. The van der Waals surface area contributed by atoms with Crippen molar-refractivity contribution in [3.05, 3.63) is 65.9 Å². The Hall–Kier alpha value is -1.52. The molecule has 1 aliphatic heterocycles. The second-order valence-electron chi connectivity index (χ2n) is 17.4. The van der Waals surface area contributed by atoms with Crippen molar-refractivity contribution >= 4 is 79.7 Å². The number of carbonyl (C=O) groups excluding carboxylic acids is 1. The molecule has 3 N–H and O–H groups in total. The van der Waals surface area contributed by atoms with Gasteiger partial charge >= 0.3 is 0 Å². The number of nitrogens with one attached hydrogen (secondary N) is 1. The maximum atomic E-state index is 10.6. The van der Waals surface area contributed by atoms with E-state index in [1.54, 1.807) is 20.8 Å². The fourth-order valence-electron chi connectivity index (χ4n) is 4.64. The van der Waals surface area contributed by atoms with Crippen molar-refractivity contribution in [2.45, 2.75) is 111 Å². The van der Waals surface area contributed by atoms with Crippen LogP contribution in [0.1, 0.15) is 94.2 Å². The smallest absolute Gasteiger partial charge is 0.264 e. The van der Waals surface area contributed by atoms with Gasteiger partial charge in [-0.05, 0) is 168 Å². The summed E-state index contributed by atoms with van der Waals surface area (Å²) < 4.78 is 45.5. The van der Waals surface area contributed by atoms with Crippen LogP contribution in [0.25, 0.3) is 0 Å². The third-order valence-electron chi connectivity index (χ3n) is 7.66. The molecule has 16 heteroatoms. The van der Waals surface area contributed by atoms with E-state index in [4.69, 9.17) is 20.6 Å². The number of hydrogen-bond donors (Lipinski definition) is 3. The number of benzene rings is 2. The van der Waals surface area contributed by atoms with Gasteiger partial charge in [0.05, 0.1) is 43.0 Å². The van der Waals surface area contributed by atoms with Crippen molar-refractivity contribution in [1.29, 1.82) is 0 Å². The molecule has 0 saturated carbocycles. The molecule has 0 aromatic heterocycles. The molecule has 2 aromatic rings. The molecule has 1 amide bonds. The number of hydrogen-bond acceptors (Lipinski definition) is 10. The first-order valence-electron chi connectivity index (χ1n) is 18.9. The molecule has 2 unspecified atom stereocenters. The third kappa shape index (κ3) is 25.3. The summed E-state index contributed by atoms with van der Waals surface area (Å²) >= 11 is 14.5. The second-order valence-corrected chi connectivity index (χ2v) is 22.4. The lowest BCUT2D eigenvalue weighted by Gasteiger charge is -2.28. The number of aliphatic hydroxyl groups excluding tert-OH is 2. The lowest BCUT2D eigenvalue weighted by atomic mass is 9.78.